The quantitative estimate of drug-likeness (QED) is 0.150. The van der Waals surface area contributed by atoms with Crippen molar-refractivity contribution in [3.05, 3.63) is 127 Å². The molecule has 180 valence electrons. The first-order valence-corrected chi connectivity index (χ1v) is 14.5. The van der Waals surface area contributed by atoms with Crippen LogP contribution in [0.3, 0.4) is 0 Å². The highest BCUT2D eigenvalue weighted by Gasteiger charge is 2.42. The molecule has 0 heterocycles. The van der Waals surface area contributed by atoms with Gasteiger partial charge in [0.1, 0.15) is 0 Å². The van der Waals surface area contributed by atoms with Gasteiger partial charge in [0.15, 0.2) is 0 Å². The van der Waals surface area contributed by atoms with Crippen molar-refractivity contribution >= 4 is 35.3 Å². The van der Waals surface area contributed by atoms with Crippen LogP contribution in [0.5, 0.6) is 0 Å². The summed E-state index contributed by atoms with van der Waals surface area (Å²) in [6.45, 7) is 2.46. The van der Waals surface area contributed by atoms with Crippen molar-refractivity contribution in [2.24, 2.45) is 5.92 Å². The molecule has 4 rings (SSSR count). The SMILES string of the molecule is C[C@@H]([C@@H](CO)Sc1ccccc1)C(CCc1ccccc1)(Sc1ccccc1)Sc1ccccc1. The minimum Gasteiger partial charge on any atom is -0.395 e. The first kappa shape index (κ1) is 26.0. The molecule has 1 N–H and O–H groups in total. The summed E-state index contributed by atoms with van der Waals surface area (Å²) in [7, 11) is 0. The van der Waals surface area contributed by atoms with Crippen LogP contribution in [0.4, 0.5) is 0 Å². The maximum atomic E-state index is 10.6. The maximum absolute atomic E-state index is 10.6. The Kier molecular flexibility index (Phi) is 9.84. The largest absolute Gasteiger partial charge is 0.395 e. The minimum absolute atomic E-state index is 0.0700. The Labute approximate surface area is 222 Å². The lowest BCUT2D eigenvalue weighted by Crippen LogP contribution is -2.38. The summed E-state index contributed by atoms with van der Waals surface area (Å²) in [5.41, 5.74) is 1.35. The lowest BCUT2D eigenvalue weighted by atomic mass is 9.96. The van der Waals surface area contributed by atoms with Crippen LogP contribution in [-0.2, 0) is 6.42 Å². The van der Waals surface area contributed by atoms with Crippen molar-refractivity contribution in [2.45, 2.75) is 43.8 Å². The van der Waals surface area contributed by atoms with Gasteiger partial charge in [0, 0.05) is 19.9 Å². The van der Waals surface area contributed by atoms with Gasteiger partial charge in [-0.05, 0) is 60.7 Å². The van der Waals surface area contributed by atoms with E-state index in [2.05, 4.69) is 122 Å². The molecular formula is C31H32OS3. The van der Waals surface area contributed by atoms with Crippen molar-refractivity contribution in [2.75, 3.05) is 6.61 Å². The van der Waals surface area contributed by atoms with Crippen molar-refractivity contribution in [1.82, 2.24) is 0 Å². The van der Waals surface area contributed by atoms with E-state index in [9.17, 15) is 5.11 Å². The summed E-state index contributed by atoms with van der Waals surface area (Å²) in [6, 6.07) is 42.7. The average Bonchev–Trinajstić information content (AvgIpc) is 2.92. The first-order chi connectivity index (χ1) is 17.2. The third-order valence-corrected chi connectivity index (χ3v) is 10.9. The van der Waals surface area contributed by atoms with Gasteiger partial charge in [-0.15, -0.1) is 35.3 Å². The molecule has 0 aliphatic carbocycles. The molecular weight excluding hydrogens is 485 g/mol. The number of rotatable bonds is 12. The number of benzene rings is 4. The molecule has 2 atom stereocenters. The number of aliphatic hydroxyl groups is 1. The Morgan fingerprint density at radius 3 is 1.51 bits per heavy atom. The third kappa shape index (κ3) is 7.44. The first-order valence-electron chi connectivity index (χ1n) is 12.0. The van der Waals surface area contributed by atoms with E-state index < -0.39 is 0 Å². The molecule has 4 aromatic rings. The molecule has 0 radical (unpaired) electrons. The Morgan fingerprint density at radius 1 is 0.629 bits per heavy atom. The lowest BCUT2D eigenvalue weighted by Gasteiger charge is -2.41. The standard InChI is InChI=1S/C31H32OS3/c1-25(30(24-32)33-27-16-8-3-9-17-27)31(34-28-18-10-4-11-19-28,35-29-20-12-5-13-21-29)23-22-26-14-6-2-7-15-26/h2-21,25,30,32H,22-24H2,1H3/t25-,30+/m0/s1. The number of hydrogen-bond donors (Lipinski definition) is 1. The molecule has 0 amide bonds. The fraction of sp³-hybridized carbons (Fsp3) is 0.226. The molecule has 4 heteroatoms. The smallest absolute Gasteiger partial charge is 0.0745 e. The van der Waals surface area contributed by atoms with Gasteiger partial charge in [0.2, 0.25) is 0 Å². The van der Waals surface area contributed by atoms with Gasteiger partial charge in [0.05, 0.1) is 10.7 Å². The van der Waals surface area contributed by atoms with Crippen LogP contribution >= 0.6 is 35.3 Å². The number of aryl methyl sites for hydroxylation is 1. The van der Waals surface area contributed by atoms with Crippen LogP contribution in [0.2, 0.25) is 0 Å². The lowest BCUT2D eigenvalue weighted by molar-refractivity contribution is 0.263. The van der Waals surface area contributed by atoms with E-state index >= 15 is 0 Å². The molecule has 0 saturated carbocycles. The Bertz CT molecular complexity index is 1080. The highest BCUT2D eigenvalue weighted by atomic mass is 32.2. The van der Waals surface area contributed by atoms with Gasteiger partial charge in [-0.2, -0.15) is 0 Å². The average molecular weight is 517 g/mol. The Hall–Kier alpha value is -2.11. The molecule has 0 aromatic heterocycles. The summed E-state index contributed by atoms with van der Waals surface area (Å²) >= 11 is 5.69. The number of aliphatic hydroxyl groups excluding tert-OH is 1. The van der Waals surface area contributed by atoms with Crippen LogP contribution in [0.1, 0.15) is 18.9 Å². The fourth-order valence-corrected chi connectivity index (χ4v) is 8.71. The second-order valence-corrected chi connectivity index (χ2v) is 12.9. The maximum Gasteiger partial charge on any atom is 0.0745 e. The van der Waals surface area contributed by atoms with Crippen molar-refractivity contribution in [3.63, 3.8) is 0 Å². The summed E-state index contributed by atoms with van der Waals surface area (Å²) in [5, 5.41) is 10.7. The zero-order valence-corrected chi connectivity index (χ0v) is 22.4. The molecule has 0 bridgehead atoms. The van der Waals surface area contributed by atoms with E-state index in [1.807, 2.05) is 29.6 Å². The number of hydrogen-bond acceptors (Lipinski definition) is 4. The molecule has 35 heavy (non-hydrogen) atoms. The monoisotopic (exact) mass is 516 g/mol. The Balaban J connectivity index is 1.72. The third-order valence-electron chi connectivity index (χ3n) is 6.13. The zero-order chi connectivity index (χ0) is 24.3. The van der Waals surface area contributed by atoms with E-state index in [4.69, 9.17) is 0 Å². The zero-order valence-electron chi connectivity index (χ0n) is 20.0. The molecule has 0 saturated heterocycles. The molecule has 4 aromatic carbocycles. The van der Waals surface area contributed by atoms with Gasteiger partial charge in [-0.25, -0.2) is 0 Å². The van der Waals surface area contributed by atoms with E-state index in [0.29, 0.717) is 0 Å². The molecule has 0 aliphatic rings. The van der Waals surface area contributed by atoms with Gasteiger partial charge in [-0.3, -0.25) is 0 Å². The van der Waals surface area contributed by atoms with E-state index in [1.54, 1.807) is 11.8 Å². The number of thioether (sulfide) groups is 3. The fourth-order valence-electron chi connectivity index (χ4n) is 4.13. The van der Waals surface area contributed by atoms with Crippen molar-refractivity contribution in [3.8, 4) is 0 Å². The topological polar surface area (TPSA) is 20.2 Å². The summed E-state index contributed by atoms with van der Waals surface area (Å²) in [5.74, 6) is 0.219. The predicted molar refractivity (Wildman–Crippen MR) is 154 cm³/mol. The van der Waals surface area contributed by atoms with Crippen molar-refractivity contribution in [1.29, 1.82) is 0 Å². The van der Waals surface area contributed by atoms with Crippen LogP contribution in [0.15, 0.2) is 136 Å². The van der Waals surface area contributed by atoms with E-state index in [1.165, 1.54) is 20.2 Å². The minimum atomic E-state index is -0.173. The highest BCUT2D eigenvalue weighted by molar-refractivity contribution is 8.18. The predicted octanol–water partition coefficient (Wildman–Crippen LogP) is 8.69. The van der Waals surface area contributed by atoms with Crippen LogP contribution in [-0.4, -0.2) is 21.0 Å². The van der Waals surface area contributed by atoms with Crippen LogP contribution in [0.25, 0.3) is 0 Å². The summed E-state index contributed by atoms with van der Waals surface area (Å²) in [6.07, 6.45) is 1.97. The summed E-state index contributed by atoms with van der Waals surface area (Å²) < 4.78 is -0.173. The van der Waals surface area contributed by atoms with Crippen LogP contribution in [0, 0.1) is 5.92 Å². The van der Waals surface area contributed by atoms with Crippen molar-refractivity contribution < 1.29 is 5.11 Å². The molecule has 1 nitrogen and oxygen atoms in total. The highest BCUT2D eigenvalue weighted by Crippen LogP contribution is 2.55. The second-order valence-electron chi connectivity index (χ2n) is 8.57. The summed E-state index contributed by atoms with van der Waals surface area (Å²) in [4.78, 5) is 3.72. The Morgan fingerprint density at radius 2 is 1.06 bits per heavy atom. The molecule has 0 unspecified atom stereocenters. The van der Waals surface area contributed by atoms with Crippen LogP contribution < -0.4 is 0 Å². The van der Waals surface area contributed by atoms with E-state index in [-0.39, 0.29) is 21.9 Å². The molecule has 0 spiro atoms. The van der Waals surface area contributed by atoms with Gasteiger partial charge in [-0.1, -0.05) is 91.9 Å². The second kappa shape index (κ2) is 13.3. The molecule has 0 aliphatic heterocycles. The van der Waals surface area contributed by atoms with Gasteiger partial charge >= 0.3 is 0 Å². The van der Waals surface area contributed by atoms with Gasteiger partial charge < -0.3 is 5.11 Å². The van der Waals surface area contributed by atoms with Gasteiger partial charge in [0.25, 0.3) is 0 Å². The molecule has 0 fully saturated rings. The van der Waals surface area contributed by atoms with E-state index in [0.717, 1.165) is 12.8 Å². The normalized spacial score (nSPS) is 13.3.